The molecule has 1 atom stereocenters. The number of fused-ring (bicyclic) bond motifs is 2. The number of anilines is 1. The number of ether oxygens (including phenoxy) is 1. The Morgan fingerprint density at radius 1 is 1.03 bits per heavy atom. The van der Waals surface area contributed by atoms with Crippen LogP contribution >= 0.6 is 11.8 Å². The van der Waals surface area contributed by atoms with E-state index in [9.17, 15) is 14.0 Å². The molecule has 1 unspecified atom stereocenters. The van der Waals surface area contributed by atoms with E-state index in [1.54, 1.807) is 41.0 Å². The molecule has 3 heterocycles. The van der Waals surface area contributed by atoms with Crippen molar-refractivity contribution in [1.29, 1.82) is 0 Å². The van der Waals surface area contributed by atoms with Crippen LogP contribution < -0.4 is 15.6 Å². The first-order chi connectivity index (χ1) is 18.0. The Bertz CT molecular complexity index is 1650. The molecular formula is C27H20FN5O3S. The van der Waals surface area contributed by atoms with E-state index in [4.69, 9.17) is 4.74 Å². The van der Waals surface area contributed by atoms with Gasteiger partial charge in [-0.05, 0) is 60.7 Å². The molecule has 8 nitrogen and oxygen atoms in total. The molecule has 6 rings (SSSR count). The number of carbonyl (C=O) groups excluding carboxylic acids is 1. The SMILES string of the molecule is O=C(CC1CSc2nc3c(cnn3-c3ccc(F)cc3)c(=O)n21)Nc1ccc(Oc2ccccc2)cc1. The number of rotatable bonds is 6. The summed E-state index contributed by atoms with van der Waals surface area (Å²) >= 11 is 1.42. The van der Waals surface area contributed by atoms with Crippen molar-refractivity contribution in [3.05, 3.63) is 101 Å². The fourth-order valence-electron chi connectivity index (χ4n) is 4.21. The third-order valence-electron chi connectivity index (χ3n) is 5.98. The molecule has 1 N–H and O–H groups in total. The van der Waals surface area contributed by atoms with Crippen LogP contribution in [0.1, 0.15) is 12.5 Å². The Hall–Kier alpha value is -4.44. The van der Waals surface area contributed by atoms with Gasteiger partial charge in [-0.25, -0.2) is 14.1 Å². The van der Waals surface area contributed by atoms with E-state index in [0.717, 1.165) is 5.75 Å². The van der Waals surface area contributed by atoms with E-state index in [-0.39, 0.29) is 29.7 Å². The predicted molar refractivity (Wildman–Crippen MR) is 139 cm³/mol. The molecule has 0 fully saturated rings. The Morgan fingerprint density at radius 2 is 1.76 bits per heavy atom. The van der Waals surface area contributed by atoms with E-state index >= 15 is 0 Å². The van der Waals surface area contributed by atoms with Crippen LogP contribution in [0.2, 0.25) is 0 Å². The molecule has 0 aliphatic carbocycles. The number of benzene rings is 3. The molecular weight excluding hydrogens is 493 g/mol. The lowest BCUT2D eigenvalue weighted by Crippen LogP contribution is -2.27. The van der Waals surface area contributed by atoms with Gasteiger partial charge in [-0.1, -0.05) is 30.0 Å². The number of hydrogen-bond acceptors (Lipinski definition) is 6. The molecule has 0 radical (unpaired) electrons. The van der Waals surface area contributed by atoms with Gasteiger partial charge in [0.15, 0.2) is 10.8 Å². The number of amides is 1. The number of thioether (sulfide) groups is 1. The first-order valence-electron chi connectivity index (χ1n) is 11.6. The van der Waals surface area contributed by atoms with E-state index in [1.165, 1.54) is 34.8 Å². The van der Waals surface area contributed by atoms with Crippen LogP contribution in [-0.4, -0.2) is 31.0 Å². The summed E-state index contributed by atoms with van der Waals surface area (Å²) in [6.45, 7) is 0. The van der Waals surface area contributed by atoms with Crippen molar-refractivity contribution < 1.29 is 13.9 Å². The molecule has 10 heteroatoms. The molecule has 184 valence electrons. The van der Waals surface area contributed by atoms with Gasteiger partial charge in [-0.2, -0.15) is 5.10 Å². The van der Waals surface area contributed by atoms with Crippen LogP contribution in [0.15, 0.2) is 95.0 Å². The van der Waals surface area contributed by atoms with E-state index in [2.05, 4.69) is 15.4 Å². The molecule has 5 aromatic rings. The maximum atomic E-state index is 13.3. The Kier molecular flexibility index (Phi) is 5.93. The monoisotopic (exact) mass is 513 g/mol. The number of para-hydroxylation sites is 1. The first kappa shape index (κ1) is 23.0. The van der Waals surface area contributed by atoms with Gasteiger partial charge in [0.05, 0.1) is 17.9 Å². The second kappa shape index (κ2) is 9.55. The third kappa shape index (κ3) is 4.58. The Morgan fingerprint density at radius 3 is 2.51 bits per heavy atom. The van der Waals surface area contributed by atoms with Crippen molar-refractivity contribution in [2.45, 2.75) is 17.6 Å². The van der Waals surface area contributed by atoms with Gasteiger partial charge in [0, 0.05) is 17.9 Å². The van der Waals surface area contributed by atoms with E-state index < -0.39 is 0 Å². The average molecular weight is 514 g/mol. The highest BCUT2D eigenvalue weighted by atomic mass is 32.2. The van der Waals surface area contributed by atoms with E-state index in [0.29, 0.717) is 39.1 Å². The fourth-order valence-corrected chi connectivity index (χ4v) is 5.34. The van der Waals surface area contributed by atoms with Gasteiger partial charge in [0.25, 0.3) is 5.56 Å². The first-order valence-corrected chi connectivity index (χ1v) is 12.6. The molecule has 2 aromatic heterocycles. The molecule has 0 saturated heterocycles. The molecule has 0 spiro atoms. The Balaban J connectivity index is 1.17. The van der Waals surface area contributed by atoms with Gasteiger partial charge in [0.1, 0.15) is 22.7 Å². The summed E-state index contributed by atoms with van der Waals surface area (Å²) in [7, 11) is 0. The molecule has 0 saturated carbocycles. The zero-order valence-electron chi connectivity index (χ0n) is 19.4. The lowest BCUT2D eigenvalue weighted by atomic mass is 10.2. The van der Waals surface area contributed by atoms with Gasteiger partial charge in [-0.3, -0.25) is 14.2 Å². The number of carbonyl (C=O) groups is 1. The minimum atomic E-state index is -0.359. The zero-order valence-corrected chi connectivity index (χ0v) is 20.2. The highest BCUT2D eigenvalue weighted by molar-refractivity contribution is 7.99. The quantitative estimate of drug-likeness (QED) is 0.314. The lowest BCUT2D eigenvalue weighted by molar-refractivity contribution is -0.116. The van der Waals surface area contributed by atoms with Gasteiger partial charge < -0.3 is 10.1 Å². The minimum absolute atomic E-state index is 0.126. The van der Waals surface area contributed by atoms with Crippen LogP contribution in [0.25, 0.3) is 16.7 Å². The molecule has 0 bridgehead atoms. The zero-order chi connectivity index (χ0) is 25.4. The highest BCUT2D eigenvalue weighted by Crippen LogP contribution is 2.33. The summed E-state index contributed by atoms with van der Waals surface area (Å²) in [5, 5.41) is 8.05. The van der Waals surface area contributed by atoms with Gasteiger partial charge in [-0.15, -0.1) is 0 Å². The number of aromatic nitrogens is 4. The summed E-state index contributed by atoms with van der Waals surface area (Å²) in [6.07, 6.45) is 1.59. The maximum absolute atomic E-state index is 13.3. The van der Waals surface area contributed by atoms with Gasteiger partial charge >= 0.3 is 0 Å². The topological polar surface area (TPSA) is 91.0 Å². The fraction of sp³-hybridized carbons (Fsp3) is 0.111. The molecule has 3 aromatic carbocycles. The molecule has 1 aliphatic heterocycles. The third-order valence-corrected chi connectivity index (χ3v) is 7.08. The van der Waals surface area contributed by atoms with Crippen molar-refractivity contribution in [3.63, 3.8) is 0 Å². The van der Waals surface area contributed by atoms with Crippen LogP contribution in [0, 0.1) is 5.82 Å². The smallest absolute Gasteiger partial charge is 0.265 e. The lowest BCUT2D eigenvalue weighted by Gasteiger charge is -2.14. The summed E-state index contributed by atoms with van der Waals surface area (Å²) in [4.78, 5) is 30.8. The van der Waals surface area contributed by atoms with Crippen LogP contribution in [0.3, 0.4) is 0 Å². The van der Waals surface area contributed by atoms with Crippen LogP contribution in [0.5, 0.6) is 11.5 Å². The number of halogens is 1. The summed E-state index contributed by atoms with van der Waals surface area (Å²) in [5.74, 6) is 1.38. The second-order valence-corrected chi connectivity index (χ2v) is 9.48. The largest absolute Gasteiger partial charge is 0.457 e. The molecule has 1 aliphatic rings. The maximum Gasteiger partial charge on any atom is 0.265 e. The number of nitrogens with one attached hydrogen (secondary N) is 1. The van der Waals surface area contributed by atoms with Crippen molar-refractivity contribution in [1.82, 2.24) is 19.3 Å². The van der Waals surface area contributed by atoms with Crippen molar-refractivity contribution in [3.8, 4) is 17.2 Å². The van der Waals surface area contributed by atoms with Crippen molar-refractivity contribution in [2.75, 3.05) is 11.1 Å². The molecule has 37 heavy (non-hydrogen) atoms. The standard InChI is InChI=1S/C27H20FN5O3S/c28-17-6-10-19(11-7-17)33-25-23(15-29-33)26(35)32-20(16-37-27(32)31-25)14-24(34)30-18-8-12-22(13-9-18)36-21-4-2-1-3-5-21/h1-13,15,20H,14,16H2,(H,30,34). The summed E-state index contributed by atoms with van der Waals surface area (Å²) in [5.41, 5.74) is 1.39. The Labute approximate surface area is 214 Å². The normalized spacial score (nSPS) is 14.5. The minimum Gasteiger partial charge on any atom is -0.457 e. The average Bonchev–Trinajstić information content (AvgIpc) is 3.51. The predicted octanol–water partition coefficient (Wildman–Crippen LogP) is 5.19. The summed E-state index contributed by atoms with van der Waals surface area (Å²) < 4.78 is 22.2. The van der Waals surface area contributed by atoms with Crippen LogP contribution in [0.4, 0.5) is 10.1 Å². The molecule has 1 amide bonds. The second-order valence-electron chi connectivity index (χ2n) is 8.50. The number of nitrogens with zero attached hydrogens (tertiary/aromatic N) is 4. The van der Waals surface area contributed by atoms with Crippen molar-refractivity contribution >= 4 is 34.4 Å². The van der Waals surface area contributed by atoms with Crippen molar-refractivity contribution in [2.24, 2.45) is 0 Å². The number of hydrogen-bond donors (Lipinski definition) is 1. The van der Waals surface area contributed by atoms with E-state index in [1.807, 2.05) is 30.3 Å². The van der Waals surface area contributed by atoms with Crippen LogP contribution in [-0.2, 0) is 4.79 Å². The van der Waals surface area contributed by atoms with Gasteiger partial charge in [0.2, 0.25) is 5.91 Å². The highest BCUT2D eigenvalue weighted by Gasteiger charge is 2.29. The summed E-state index contributed by atoms with van der Waals surface area (Å²) in [6, 6.07) is 22.0.